The maximum atomic E-state index is 11.8. The Hall–Kier alpha value is -1.39. The number of aromatic nitrogens is 1. The van der Waals surface area contributed by atoms with Gasteiger partial charge in [-0.25, -0.2) is 0 Å². The first-order chi connectivity index (χ1) is 8.16. The van der Waals surface area contributed by atoms with Gasteiger partial charge in [0.1, 0.15) is 0 Å². The number of hydrogen-bond donors (Lipinski definition) is 1. The van der Waals surface area contributed by atoms with Gasteiger partial charge in [0.2, 0.25) is 0 Å². The van der Waals surface area contributed by atoms with Crippen LogP contribution in [0.2, 0.25) is 5.02 Å². The Balaban J connectivity index is 2.19. The van der Waals surface area contributed by atoms with E-state index >= 15 is 0 Å². The van der Waals surface area contributed by atoms with Crippen LogP contribution in [0, 0.1) is 0 Å². The molecule has 0 fully saturated rings. The van der Waals surface area contributed by atoms with E-state index in [9.17, 15) is 4.79 Å². The number of halogens is 2. The third-order valence-corrected chi connectivity index (χ3v) is 2.93. The van der Waals surface area contributed by atoms with Crippen LogP contribution in [0.1, 0.15) is 10.4 Å². The number of carbonyl (C=O) groups is 1. The summed E-state index contributed by atoms with van der Waals surface area (Å²) in [5, 5.41) is 3.22. The van der Waals surface area contributed by atoms with Crippen LogP contribution in [-0.2, 0) is 0 Å². The molecule has 1 N–H and O–H groups in total. The highest BCUT2D eigenvalue weighted by Crippen LogP contribution is 2.25. The van der Waals surface area contributed by atoms with E-state index in [4.69, 9.17) is 11.6 Å². The Morgan fingerprint density at radius 3 is 2.59 bits per heavy atom. The zero-order chi connectivity index (χ0) is 12.3. The number of nitrogens with one attached hydrogen (secondary N) is 1. The summed E-state index contributed by atoms with van der Waals surface area (Å²) in [6.45, 7) is 0. The number of carbonyl (C=O) groups excluding carboxylic acids is 1. The fraction of sp³-hybridized carbons (Fsp3) is 0. The van der Waals surface area contributed by atoms with Crippen molar-refractivity contribution in [2.24, 2.45) is 0 Å². The monoisotopic (exact) mass is 310 g/mol. The minimum atomic E-state index is -0.211. The van der Waals surface area contributed by atoms with Gasteiger partial charge in [0.25, 0.3) is 5.91 Å². The first kappa shape index (κ1) is 12.1. The molecular weight excluding hydrogens is 304 g/mol. The molecule has 0 saturated carbocycles. The van der Waals surface area contributed by atoms with Crippen molar-refractivity contribution in [2.75, 3.05) is 5.32 Å². The van der Waals surface area contributed by atoms with Gasteiger partial charge in [-0.15, -0.1) is 0 Å². The highest BCUT2D eigenvalue weighted by Gasteiger charge is 2.07. The molecule has 1 aromatic heterocycles. The Morgan fingerprint density at radius 1 is 1.24 bits per heavy atom. The summed E-state index contributed by atoms with van der Waals surface area (Å²) in [6, 6.07) is 8.56. The average molecular weight is 312 g/mol. The lowest BCUT2D eigenvalue weighted by Gasteiger charge is -2.07. The number of anilines is 1. The summed E-state index contributed by atoms with van der Waals surface area (Å²) in [7, 11) is 0. The number of benzene rings is 1. The number of hydrogen-bond acceptors (Lipinski definition) is 2. The fourth-order valence-electron chi connectivity index (χ4n) is 1.29. The third-order valence-electron chi connectivity index (χ3n) is 2.12. The number of amides is 1. The molecular formula is C12H8BrClN2O. The summed E-state index contributed by atoms with van der Waals surface area (Å²) in [5.41, 5.74) is 1.12. The van der Waals surface area contributed by atoms with Crippen molar-refractivity contribution >= 4 is 39.1 Å². The third kappa shape index (κ3) is 3.05. The smallest absolute Gasteiger partial charge is 0.255 e. The molecule has 3 nitrogen and oxygen atoms in total. The van der Waals surface area contributed by atoms with Crippen molar-refractivity contribution in [3.05, 3.63) is 57.8 Å². The molecule has 0 aliphatic heterocycles. The van der Waals surface area contributed by atoms with E-state index in [1.54, 1.807) is 36.7 Å². The second kappa shape index (κ2) is 5.29. The molecule has 2 aromatic rings. The van der Waals surface area contributed by atoms with Crippen LogP contribution in [0.3, 0.4) is 0 Å². The number of pyridine rings is 1. The van der Waals surface area contributed by atoms with Gasteiger partial charge in [-0.3, -0.25) is 9.78 Å². The summed E-state index contributed by atoms with van der Waals surface area (Å²) in [6.07, 6.45) is 3.14. The number of rotatable bonds is 2. The molecule has 0 bridgehead atoms. The molecule has 0 saturated heterocycles. The van der Waals surface area contributed by atoms with E-state index in [0.717, 1.165) is 4.47 Å². The molecule has 1 amide bonds. The lowest BCUT2D eigenvalue weighted by molar-refractivity contribution is 0.102. The van der Waals surface area contributed by atoms with Gasteiger partial charge in [0.05, 0.1) is 10.7 Å². The van der Waals surface area contributed by atoms with Gasteiger partial charge in [0.15, 0.2) is 0 Å². The predicted molar refractivity (Wildman–Crippen MR) is 71.3 cm³/mol. The van der Waals surface area contributed by atoms with E-state index in [0.29, 0.717) is 16.3 Å². The Bertz CT molecular complexity index is 545. The van der Waals surface area contributed by atoms with Crippen LogP contribution in [0.25, 0.3) is 0 Å². The van der Waals surface area contributed by atoms with Crippen molar-refractivity contribution < 1.29 is 4.79 Å². The SMILES string of the molecule is O=C(Nc1ccc(Br)cc1Cl)c1ccncc1. The van der Waals surface area contributed by atoms with Crippen LogP contribution in [0.15, 0.2) is 47.2 Å². The van der Waals surface area contributed by atoms with E-state index in [-0.39, 0.29) is 5.91 Å². The molecule has 0 spiro atoms. The standard InChI is InChI=1S/C12H8BrClN2O/c13-9-1-2-11(10(14)7-9)16-12(17)8-3-5-15-6-4-8/h1-7H,(H,16,17). The molecule has 0 unspecified atom stereocenters. The van der Waals surface area contributed by atoms with Crippen molar-refractivity contribution in [1.82, 2.24) is 4.98 Å². The predicted octanol–water partition coefficient (Wildman–Crippen LogP) is 3.75. The molecule has 0 atom stereocenters. The van der Waals surface area contributed by atoms with Gasteiger partial charge >= 0.3 is 0 Å². The van der Waals surface area contributed by atoms with Gasteiger partial charge in [-0.2, -0.15) is 0 Å². The molecule has 0 aliphatic rings. The highest BCUT2D eigenvalue weighted by molar-refractivity contribution is 9.10. The van der Waals surface area contributed by atoms with Crippen LogP contribution < -0.4 is 5.32 Å². The van der Waals surface area contributed by atoms with Crippen LogP contribution in [0.4, 0.5) is 5.69 Å². The molecule has 2 rings (SSSR count). The summed E-state index contributed by atoms with van der Waals surface area (Å²) in [5.74, 6) is -0.211. The van der Waals surface area contributed by atoms with Crippen LogP contribution in [0.5, 0.6) is 0 Å². The second-order valence-corrected chi connectivity index (χ2v) is 4.64. The first-order valence-corrected chi connectivity index (χ1v) is 6.00. The second-order valence-electron chi connectivity index (χ2n) is 3.31. The maximum Gasteiger partial charge on any atom is 0.255 e. The Labute approximate surface area is 112 Å². The minimum Gasteiger partial charge on any atom is -0.321 e. The van der Waals surface area contributed by atoms with Crippen molar-refractivity contribution in [1.29, 1.82) is 0 Å². The summed E-state index contributed by atoms with van der Waals surface area (Å²) < 4.78 is 0.865. The quantitative estimate of drug-likeness (QED) is 0.918. The highest BCUT2D eigenvalue weighted by atomic mass is 79.9. The molecule has 1 heterocycles. The maximum absolute atomic E-state index is 11.8. The lowest BCUT2D eigenvalue weighted by Crippen LogP contribution is -2.12. The Morgan fingerprint density at radius 2 is 1.94 bits per heavy atom. The normalized spacial score (nSPS) is 10.0. The first-order valence-electron chi connectivity index (χ1n) is 4.83. The van der Waals surface area contributed by atoms with E-state index in [2.05, 4.69) is 26.2 Å². The topological polar surface area (TPSA) is 42.0 Å². The summed E-state index contributed by atoms with van der Waals surface area (Å²) in [4.78, 5) is 15.7. The fourth-order valence-corrected chi connectivity index (χ4v) is 2.01. The molecule has 1 aromatic carbocycles. The average Bonchev–Trinajstić information content (AvgIpc) is 2.34. The van der Waals surface area contributed by atoms with Crippen molar-refractivity contribution in [2.45, 2.75) is 0 Å². The zero-order valence-electron chi connectivity index (χ0n) is 8.65. The molecule has 86 valence electrons. The van der Waals surface area contributed by atoms with E-state index < -0.39 is 0 Å². The van der Waals surface area contributed by atoms with Gasteiger partial charge in [-0.05, 0) is 30.3 Å². The molecule has 17 heavy (non-hydrogen) atoms. The van der Waals surface area contributed by atoms with Crippen molar-refractivity contribution in [3.63, 3.8) is 0 Å². The van der Waals surface area contributed by atoms with Gasteiger partial charge in [-0.1, -0.05) is 27.5 Å². The molecule has 0 aliphatic carbocycles. The zero-order valence-corrected chi connectivity index (χ0v) is 11.0. The van der Waals surface area contributed by atoms with Crippen molar-refractivity contribution in [3.8, 4) is 0 Å². The van der Waals surface area contributed by atoms with E-state index in [1.807, 2.05) is 6.07 Å². The van der Waals surface area contributed by atoms with Crippen LogP contribution >= 0.6 is 27.5 Å². The minimum absolute atomic E-state index is 0.211. The van der Waals surface area contributed by atoms with Gasteiger partial charge in [0, 0.05) is 22.4 Å². The van der Waals surface area contributed by atoms with E-state index in [1.165, 1.54) is 0 Å². The van der Waals surface area contributed by atoms with Gasteiger partial charge < -0.3 is 5.32 Å². The van der Waals surface area contributed by atoms with Crippen LogP contribution in [-0.4, -0.2) is 10.9 Å². The largest absolute Gasteiger partial charge is 0.321 e. The molecule has 5 heteroatoms. The number of nitrogens with zero attached hydrogens (tertiary/aromatic N) is 1. The summed E-state index contributed by atoms with van der Waals surface area (Å²) >= 11 is 9.31. The Kier molecular flexibility index (Phi) is 3.76. The lowest BCUT2D eigenvalue weighted by atomic mass is 10.2. The molecule has 0 radical (unpaired) electrons.